The Kier molecular flexibility index (Phi) is 8.69. The van der Waals surface area contributed by atoms with E-state index in [0.29, 0.717) is 69.1 Å². The first kappa shape index (κ1) is 27.4. The van der Waals surface area contributed by atoms with Crippen molar-refractivity contribution in [2.75, 3.05) is 40.4 Å². The number of likely N-dealkylation sites (tertiary alicyclic amines) is 1. The van der Waals surface area contributed by atoms with E-state index in [1.165, 1.54) is 11.3 Å². The molecule has 3 amide bonds. The van der Waals surface area contributed by atoms with Crippen molar-refractivity contribution in [3.8, 4) is 11.5 Å². The van der Waals surface area contributed by atoms with Crippen molar-refractivity contribution in [1.82, 2.24) is 20.1 Å². The first-order valence-electron chi connectivity index (χ1n) is 13.9. The minimum atomic E-state index is -0.0254. The number of hydrogen-bond donors (Lipinski definition) is 1. The fourth-order valence-electron chi connectivity index (χ4n) is 6.55. The van der Waals surface area contributed by atoms with Crippen LogP contribution in [0.2, 0.25) is 0 Å². The molecule has 3 atom stereocenters. The molecule has 39 heavy (non-hydrogen) atoms. The molecule has 1 N–H and O–H groups in total. The number of aromatic nitrogens is 1. The molecule has 2 aromatic rings. The van der Waals surface area contributed by atoms with Crippen LogP contribution in [0, 0.1) is 11.8 Å². The average molecular weight is 555 g/mol. The third kappa shape index (κ3) is 6.21. The Labute approximate surface area is 233 Å². The Morgan fingerprint density at radius 3 is 2.69 bits per heavy atom. The quantitative estimate of drug-likeness (QED) is 0.625. The van der Waals surface area contributed by atoms with Crippen LogP contribution in [0.1, 0.15) is 60.1 Å². The highest BCUT2D eigenvalue weighted by Crippen LogP contribution is 2.37. The van der Waals surface area contributed by atoms with Gasteiger partial charge in [-0.2, -0.15) is 0 Å². The van der Waals surface area contributed by atoms with Crippen molar-refractivity contribution in [3.63, 3.8) is 0 Å². The van der Waals surface area contributed by atoms with Crippen LogP contribution in [-0.2, 0) is 22.4 Å². The summed E-state index contributed by atoms with van der Waals surface area (Å²) in [6.45, 7) is 2.50. The summed E-state index contributed by atoms with van der Waals surface area (Å²) < 4.78 is 11.2. The normalized spacial score (nSPS) is 24.5. The molecule has 0 unspecified atom stereocenters. The molecule has 0 radical (unpaired) electrons. The van der Waals surface area contributed by atoms with E-state index >= 15 is 0 Å². The zero-order chi connectivity index (χ0) is 27.4. The summed E-state index contributed by atoms with van der Waals surface area (Å²) in [5, 5.41) is 4.85. The average Bonchev–Trinajstić information content (AvgIpc) is 3.48. The molecule has 0 saturated carbocycles. The number of hydrogen-bond acceptors (Lipinski definition) is 7. The summed E-state index contributed by atoms with van der Waals surface area (Å²) >= 11 is 1.42. The van der Waals surface area contributed by atoms with E-state index in [9.17, 15) is 14.4 Å². The van der Waals surface area contributed by atoms with Gasteiger partial charge in [0.2, 0.25) is 11.8 Å². The van der Waals surface area contributed by atoms with Crippen LogP contribution < -0.4 is 14.8 Å². The summed E-state index contributed by atoms with van der Waals surface area (Å²) in [4.78, 5) is 47.6. The van der Waals surface area contributed by atoms with Crippen molar-refractivity contribution in [2.24, 2.45) is 11.8 Å². The van der Waals surface area contributed by atoms with Gasteiger partial charge in [-0.25, -0.2) is 4.98 Å². The molecule has 3 aliphatic heterocycles. The summed E-state index contributed by atoms with van der Waals surface area (Å²) in [5.41, 5.74) is 4.25. The molecule has 2 saturated heterocycles. The van der Waals surface area contributed by atoms with E-state index in [1.54, 1.807) is 25.1 Å². The number of carbonyl (C=O) groups excluding carboxylic acids is 3. The monoisotopic (exact) mass is 554 g/mol. The van der Waals surface area contributed by atoms with Gasteiger partial charge in [-0.3, -0.25) is 14.4 Å². The molecule has 2 fully saturated rings. The zero-order valence-electron chi connectivity index (χ0n) is 22.8. The van der Waals surface area contributed by atoms with Crippen LogP contribution in [0.5, 0.6) is 11.5 Å². The van der Waals surface area contributed by atoms with E-state index in [1.807, 2.05) is 11.0 Å². The molecule has 9 nitrogen and oxygen atoms in total. The molecular weight excluding hydrogens is 516 g/mol. The number of aryl methyl sites for hydroxylation is 2. The smallest absolute Gasteiger partial charge is 0.273 e. The zero-order valence-corrected chi connectivity index (χ0v) is 23.6. The SMILES string of the molecule is COc1cc2cc(c1OC)CCCNC(=O)CCC[C@H]1[C@H]3C[C@@H](CN(C(=O)c4cscn4)C3)CN1C(=O)CC2. The molecule has 10 heteroatoms. The van der Waals surface area contributed by atoms with Gasteiger partial charge in [-0.15, -0.1) is 11.3 Å². The van der Waals surface area contributed by atoms with Crippen molar-refractivity contribution in [3.05, 3.63) is 39.8 Å². The Hall–Kier alpha value is -3.14. The summed E-state index contributed by atoms with van der Waals surface area (Å²) in [6, 6.07) is 4.08. The number of benzene rings is 1. The molecule has 1 aromatic carbocycles. The maximum Gasteiger partial charge on any atom is 0.273 e. The van der Waals surface area contributed by atoms with Gasteiger partial charge in [-0.1, -0.05) is 6.07 Å². The van der Waals surface area contributed by atoms with Gasteiger partial charge in [0.15, 0.2) is 11.5 Å². The number of ether oxygens (including phenoxy) is 2. The van der Waals surface area contributed by atoms with Gasteiger partial charge < -0.3 is 24.6 Å². The predicted molar refractivity (Wildman–Crippen MR) is 148 cm³/mol. The van der Waals surface area contributed by atoms with Crippen molar-refractivity contribution in [2.45, 2.75) is 57.4 Å². The number of methoxy groups -OCH3 is 2. The number of nitrogens with one attached hydrogen (secondary N) is 1. The lowest BCUT2D eigenvalue weighted by molar-refractivity contribution is -0.140. The van der Waals surface area contributed by atoms with E-state index in [2.05, 4.69) is 21.3 Å². The molecule has 4 heterocycles. The lowest BCUT2D eigenvalue weighted by atomic mass is 9.77. The predicted octanol–water partition coefficient (Wildman–Crippen LogP) is 3.31. The van der Waals surface area contributed by atoms with Crippen molar-refractivity contribution in [1.29, 1.82) is 0 Å². The summed E-state index contributed by atoms with van der Waals surface area (Å²) in [7, 11) is 3.26. The number of rotatable bonds is 3. The molecular formula is C29H38N4O5S. The third-order valence-electron chi connectivity index (χ3n) is 8.32. The molecule has 3 aliphatic rings. The van der Waals surface area contributed by atoms with Gasteiger partial charge in [-0.05, 0) is 67.6 Å². The number of fused-ring (bicyclic) bond motifs is 6. The molecule has 5 rings (SSSR count). The molecule has 0 spiro atoms. The third-order valence-corrected chi connectivity index (χ3v) is 8.91. The number of thiazole rings is 1. The first-order chi connectivity index (χ1) is 19.0. The number of amides is 3. The van der Waals surface area contributed by atoms with Gasteiger partial charge in [0, 0.05) is 50.4 Å². The Morgan fingerprint density at radius 2 is 1.92 bits per heavy atom. The minimum Gasteiger partial charge on any atom is -0.493 e. The van der Waals surface area contributed by atoms with Crippen LogP contribution in [-0.4, -0.2) is 78.9 Å². The van der Waals surface area contributed by atoms with E-state index < -0.39 is 0 Å². The number of carbonyl (C=O) groups is 3. The fourth-order valence-corrected chi connectivity index (χ4v) is 7.07. The fraction of sp³-hybridized carbons (Fsp3) is 0.586. The largest absolute Gasteiger partial charge is 0.493 e. The molecule has 0 aliphatic carbocycles. The van der Waals surface area contributed by atoms with Crippen LogP contribution in [0.4, 0.5) is 0 Å². The van der Waals surface area contributed by atoms with Crippen LogP contribution in [0.25, 0.3) is 0 Å². The van der Waals surface area contributed by atoms with E-state index in [0.717, 1.165) is 36.8 Å². The van der Waals surface area contributed by atoms with Crippen molar-refractivity contribution >= 4 is 29.1 Å². The summed E-state index contributed by atoms with van der Waals surface area (Å²) in [6.07, 6.45) is 5.47. The molecule has 4 bridgehead atoms. The van der Waals surface area contributed by atoms with Crippen LogP contribution in [0.3, 0.4) is 0 Å². The lowest BCUT2D eigenvalue weighted by Gasteiger charge is -2.51. The Balaban J connectivity index is 1.37. The number of piperidine rings is 2. The topological polar surface area (TPSA) is 101 Å². The molecule has 210 valence electrons. The minimum absolute atomic E-state index is 0.0152. The Morgan fingerprint density at radius 1 is 1.05 bits per heavy atom. The van der Waals surface area contributed by atoms with Gasteiger partial charge in [0.25, 0.3) is 5.91 Å². The second kappa shape index (κ2) is 12.4. The second-order valence-corrected chi connectivity index (χ2v) is 11.6. The first-order valence-corrected chi connectivity index (χ1v) is 14.9. The van der Waals surface area contributed by atoms with Crippen molar-refractivity contribution < 1.29 is 23.9 Å². The van der Waals surface area contributed by atoms with E-state index in [-0.39, 0.29) is 35.6 Å². The Bertz CT molecular complexity index is 1190. The van der Waals surface area contributed by atoms with Gasteiger partial charge in [0.1, 0.15) is 5.69 Å². The second-order valence-electron chi connectivity index (χ2n) is 10.9. The van der Waals surface area contributed by atoms with E-state index in [4.69, 9.17) is 9.47 Å². The highest BCUT2D eigenvalue weighted by atomic mass is 32.1. The van der Waals surface area contributed by atoms with Gasteiger partial charge >= 0.3 is 0 Å². The van der Waals surface area contributed by atoms with Crippen LogP contribution >= 0.6 is 11.3 Å². The standard InChI is InChI=1S/C29H38N4O5S/c1-37-25-13-19-8-9-27(35)33-15-20-12-22(16-32(14-20)29(36)23-17-39-18-31-23)24(33)6-3-7-26(34)30-10-4-5-21(11-19)28(25)38-2/h11,13,17-18,20,22,24H,3-10,12,14-16H2,1-2H3,(H,30,34)/t20-,22-,24-/m0/s1. The highest BCUT2D eigenvalue weighted by Gasteiger charge is 2.43. The van der Waals surface area contributed by atoms with Crippen LogP contribution in [0.15, 0.2) is 23.0 Å². The highest BCUT2D eigenvalue weighted by molar-refractivity contribution is 7.07. The van der Waals surface area contributed by atoms with Gasteiger partial charge in [0.05, 0.1) is 19.7 Å². The maximum absolute atomic E-state index is 13.7. The lowest BCUT2D eigenvalue weighted by Crippen LogP contribution is -2.60. The maximum atomic E-state index is 13.7. The summed E-state index contributed by atoms with van der Waals surface area (Å²) in [5.74, 6) is 1.96. The molecule has 1 aromatic heterocycles. The number of nitrogens with zero attached hydrogens (tertiary/aromatic N) is 3.